The van der Waals surface area contributed by atoms with E-state index in [1.807, 2.05) is 30.3 Å². The van der Waals surface area contributed by atoms with Crippen LogP contribution < -0.4 is 10.6 Å². The number of fused-ring (bicyclic) bond motifs is 1. The van der Waals surface area contributed by atoms with Crippen LogP contribution in [0, 0.1) is 11.6 Å². The number of nitrogens with zero attached hydrogens (tertiary/aromatic N) is 2. The summed E-state index contributed by atoms with van der Waals surface area (Å²) >= 11 is 0. The summed E-state index contributed by atoms with van der Waals surface area (Å²) in [7, 11) is 0. The SMILES string of the molecule is O=C(N[C@H]1CCc2cc(F)cc(F)c2NC1=O)C1=NN=C(Cc2ccccc2)C1. The molecule has 6 nitrogen and oxygen atoms in total. The van der Waals surface area contributed by atoms with E-state index in [0.29, 0.717) is 18.4 Å². The smallest absolute Gasteiger partial charge is 0.268 e. The summed E-state index contributed by atoms with van der Waals surface area (Å²) in [4.78, 5) is 24.9. The number of nitrogens with one attached hydrogen (secondary N) is 2. The second kappa shape index (κ2) is 7.90. The summed E-state index contributed by atoms with van der Waals surface area (Å²) in [5.41, 5.74) is 2.37. The molecule has 0 fully saturated rings. The van der Waals surface area contributed by atoms with E-state index in [1.54, 1.807) is 0 Å². The van der Waals surface area contributed by atoms with Gasteiger partial charge in [-0.05, 0) is 30.0 Å². The monoisotopic (exact) mass is 396 g/mol. The molecule has 8 heteroatoms. The number of carbonyl (C=O) groups is 2. The topological polar surface area (TPSA) is 82.9 Å². The van der Waals surface area contributed by atoms with Crippen LogP contribution in [-0.2, 0) is 22.4 Å². The molecule has 4 rings (SSSR count). The molecular weight excluding hydrogens is 378 g/mol. The van der Waals surface area contributed by atoms with E-state index in [-0.39, 0.29) is 24.2 Å². The number of hydrogen-bond donors (Lipinski definition) is 2. The Kier molecular flexibility index (Phi) is 5.16. The Labute approximate surface area is 165 Å². The van der Waals surface area contributed by atoms with Gasteiger partial charge in [-0.3, -0.25) is 9.59 Å². The molecule has 0 aromatic heterocycles. The fourth-order valence-corrected chi connectivity index (χ4v) is 3.43. The molecular formula is C21H18F2N4O2. The van der Waals surface area contributed by atoms with E-state index in [0.717, 1.165) is 17.3 Å². The normalized spacial score (nSPS) is 18.3. The second-order valence-electron chi connectivity index (χ2n) is 7.03. The van der Waals surface area contributed by atoms with Gasteiger partial charge in [0.25, 0.3) is 5.91 Å². The Bertz CT molecular complexity index is 1030. The van der Waals surface area contributed by atoms with Crippen molar-refractivity contribution in [2.24, 2.45) is 10.2 Å². The third-order valence-electron chi connectivity index (χ3n) is 4.91. The summed E-state index contributed by atoms with van der Waals surface area (Å²) in [5, 5.41) is 13.1. The molecule has 148 valence electrons. The number of hydrogen-bond acceptors (Lipinski definition) is 4. The zero-order valence-electron chi connectivity index (χ0n) is 15.4. The maximum atomic E-state index is 14.0. The van der Waals surface area contributed by atoms with Gasteiger partial charge in [-0.2, -0.15) is 5.10 Å². The number of aryl methyl sites for hydroxylation is 1. The number of rotatable bonds is 4. The Morgan fingerprint density at radius 1 is 1.17 bits per heavy atom. The second-order valence-corrected chi connectivity index (χ2v) is 7.03. The van der Waals surface area contributed by atoms with Crippen LogP contribution in [0.15, 0.2) is 52.7 Å². The van der Waals surface area contributed by atoms with E-state index in [9.17, 15) is 18.4 Å². The van der Waals surface area contributed by atoms with Crippen LogP contribution in [0.2, 0.25) is 0 Å². The molecule has 0 saturated heterocycles. The molecule has 1 atom stereocenters. The number of halogens is 2. The van der Waals surface area contributed by atoms with Crippen LogP contribution >= 0.6 is 0 Å². The summed E-state index contributed by atoms with van der Waals surface area (Å²) in [5.74, 6) is -2.58. The lowest BCUT2D eigenvalue weighted by Gasteiger charge is -2.15. The van der Waals surface area contributed by atoms with Crippen molar-refractivity contribution in [1.29, 1.82) is 0 Å². The maximum Gasteiger partial charge on any atom is 0.268 e. The molecule has 0 bridgehead atoms. The van der Waals surface area contributed by atoms with E-state index in [4.69, 9.17) is 0 Å². The first-order chi connectivity index (χ1) is 14.0. The van der Waals surface area contributed by atoms with E-state index in [1.165, 1.54) is 6.07 Å². The van der Waals surface area contributed by atoms with Crippen LogP contribution in [0.5, 0.6) is 0 Å². The predicted octanol–water partition coefficient (Wildman–Crippen LogP) is 2.78. The highest BCUT2D eigenvalue weighted by Crippen LogP contribution is 2.26. The van der Waals surface area contributed by atoms with Crippen LogP contribution in [0.25, 0.3) is 0 Å². The Morgan fingerprint density at radius 2 is 1.97 bits per heavy atom. The third-order valence-corrected chi connectivity index (χ3v) is 4.91. The molecule has 0 spiro atoms. The lowest BCUT2D eigenvalue weighted by molar-refractivity contribution is -0.123. The largest absolute Gasteiger partial charge is 0.339 e. The maximum absolute atomic E-state index is 14.0. The third kappa shape index (κ3) is 4.21. The van der Waals surface area contributed by atoms with Gasteiger partial charge in [0.05, 0.1) is 11.4 Å². The van der Waals surface area contributed by atoms with Gasteiger partial charge in [0.2, 0.25) is 5.91 Å². The average Bonchev–Trinajstić information content (AvgIpc) is 3.10. The summed E-state index contributed by atoms with van der Waals surface area (Å²) in [6.45, 7) is 0. The highest BCUT2D eigenvalue weighted by molar-refractivity contribution is 6.43. The zero-order valence-corrected chi connectivity index (χ0v) is 15.4. The predicted molar refractivity (Wildman–Crippen MR) is 105 cm³/mol. The summed E-state index contributed by atoms with van der Waals surface area (Å²) < 4.78 is 27.4. The van der Waals surface area contributed by atoms with E-state index < -0.39 is 29.5 Å². The molecule has 2 aromatic carbocycles. The first-order valence-corrected chi connectivity index (χ1v) is 9.25. The van der Waals surface area contributed by atoms with Crippen molar-refractivity contribution in [3.63, 3.8) is 0 Å². The molecule has 29 heavy (non-hydrogen) atoms. The van der Waals surface area contributed by atoms with Crippen molar-refractivity contribution in [2.75, 3.05) is 5.32 Å². The first-order valence-electron chi connectivity index (χ1n) is 9.25. The Hall–Kier alpha value is -3.42. The van der Waals surface area contributed by atoms with Gasteiger partial charge in [0.1, 0.15) is 23.4 Å². The molecule has 2 aliphatic heterocycles. The molecule has 0 saturated carbocycles. The first kappa shape index (κ1) is 18.9. The highest BCUT2D eigenvalue weighted by Gasteiger charge is 2.29. The average molecular weight is 396 g/mol. The van der Waals surface area contributed by atoms with Crippen molar-refractivity contribution in [1.82, 2.24) is 5.32 Å². The van der Waals surface area contributed by atoms with Crippen molar-refractivity contribution in [2.45, 2.75) is 31.7 Å². The van der Waals surface area contributed by atoms with Crippen LogP contribution in [0.1, 0.15) is 24.0 Å². The van der Waals surface area contributed by atoms with Gasteiger partial charge in [-0.15, -0.1) is 5.10 Å². The fraction of sp³-hybridized carbons (Fsp3) is 0.238. The van der Waals surface area contributed by atoms with E-state index in [2.05, 4.69) is 20.8 Å². The van der Waals surface area contributed by atoms with Crippen LogP contribution in [-0.4, -0.2) is 29.3 Å². The molecule has 0 unspecified atom stereocenters. The minimum atomic E-state index is -0.877. The number of anilines is 1. The lowest BCUT2D eigenvalue weighted by atomic mass is 10.0. The van der Waals surface area contributed by atoms with Crippen molar-refractivity contribution in [3.8, 4) is 0 Å². The van der Waals surface area contributed by atoms with Gasteiger partial charge >= 0.3 is 0 Å². The highest BCUT2D eigenvalue weighted by atomic mass is 19.1. The number of carbonyl (C=O) groups excluding carboxylic acids is 2. The van der Waals surface area contributed by atoms with Gasteiger partial charge < -0.3 is 10.6 Å². The summed E-state index contributed by atoms with van der Waals surface area (Å²) in [6, 6.07) is 10.7. The Balaban J connectivity index is 1.37. The minimum absolute atomic E-state index is 0.0418. The molecule has 0 aliphatic carbocycles. The summed E-state index contributed by atoms with van der Waals surface area (Å²) in [6.07, 6.45) is 1.36. The van der Waals surface area contributed by atoms with Crippen LogP contribution in [0.3, 0.4) is 0 Å². The lowest BCUT2D eigenvalue weighted by Crippen LogP contribution is -2.45. The fourth-order valence-electron chi connectivity index (χ4n) is 3.43. The molecule has 0 radical (unpaired) electrons. The number of benzene rings is 2. The van der Waals surface area contributed by atoms with E-state index >= 15 is 0 Å². The van der Waals surface area contributed by atoms with Crippen LogP contribution in [0.4, 0.5) is 14.5 Å². The minimum Gasteiger partial charge on any atom is -0.339 e. The number of amides is 2. The quantitative estimate of drug-likeness (QED) is 0.833. The molecule has 2 heterocycles. The molecule has 2 amide bonds. The molecule has 2 aromatic rings. The van der Waals surface area contributed by atoms with Gasteiger partial charge in [0, 0.05) is 18.9 Å². The van der Waals surface area contributed by atoms with Gasteiger partial charge in [-0.1, -0.05) is 30.3 Å². The molecule has 2 aliphatic rings. The zero-order chi connectivity index (χ0) is 20.4. The van der Waals surface area contributed by atoms with Crippen molar-refractivity contribution in [3.05, 3.63) is 65.2 Å². The standard InChI is InChI=1S/C21H18F2N4O2/c22-14-9-13-6-7-17(20(28)25-19(13)16(23)10-14)24-21(29)18-11-15(26-27-18)8-12-4-2-1-3-5-12/h1-5,9-10,17H,6-8,11H2,(H,24,29)(H,25,28)/t17-/m0/s1. The Morgan fingerprint density at radius 3 is 2.76 bits per heavy atom. The van der Waals surface area contributed by atoms with Crippen molar-refractivity contribution < 1.29 is 18.4 Å². The molecule has 2 N–H and O–H groups in total. The van der Waals surface area contributed by atoms with Gasteiger partial charge in [-0.25, -0.2) is 8.78 Å². The van der Waals surface area contributed by atoms with Crippen molar-refractivity contribution >= 4 is 28.9 Å². The van der Waals surface area contributed by atoms with Gasteiger partial charge in [0.15, 0.2) is 0 Å².